The minimum atomic E-state index is 0.149. The minimum Gasteiger partial charge on any atom is -0.336 e. The van der Waals surface area contributed by atoms with Gasteiger partial charge in [0.25, 0.3) is 5.91 Å². The van der Waals surface area contributed by atoms with Crippen LogP contribution in [0.15, 0.2) is 0 Å². The standard InChI is InChI=1S/C17H28N4OS/c1-4-7-21-15-6-5-13(19(2)3)12-14(15)16(18-21)17(22)20-8-10-23-11-9-20/h13H,4-12H2,1-3H3. The Kier molecular flexibility index (Phi) is 5.31. The van der Waals surface area contributed by atoms with E-state index in [0.717, 1.165) is 62.5 Å². The van der Waals surface area contributed by atoms with Crippen molar-refractivity contribution in [1.29, 1.82) is 0 Å². The normalized spacial score (nSPS) is 21.6. The van der Waals surface area contributed by atoms with Gasteiger partial charge in [0.1, 0.15) is 0 Å². The summed E-state index contributed by atoms with van der Waals surface area (Å²) in [5.74, 6) is 2.24. The summed E-state index contributed by atoms with van der Waals surface area (Å²) in [5.41, 5.74) is 3.25. The van der Waals surface area contributed by atoms with E-state index >= 15 is 0 Å². The van der Waals surface area contributed by atoms with Crippen LogP contribution >= 0.6 is 11.8 Å². The maximum Gasteiger partial charge on any atom is 0.274 e. The molecule has 0 aromatic carbocycles. The fourth-order valence-electron chi connectivity index (χ4n) is 3.59. The molecule has 2 heterocycles. The van der Waals surface area contributed by atoms with Crippen molar-refractivity contribution in [2.75, 3.05) is 38.7 Å². The van der Waals surface area contributed by atoms with Crippen molar-refractivity contribution in [2.24, 2.45) is 0 Å². The van der Waals surface area contributed by atoms with Gasteiger partial charge in [-0.15, -0.1) is 0 Å². The quantitative estimate of drug-likeness (QED) is 0.842. The highest BCUT2D eigenvalue weighted by atomic mass is 32.2. The van der Waals surface area contributed by atoms with Crippen molar-refractivity contribution < 1.29 is 4.79 Å². The molecule has 1 unspecified atom stereocenters. The number of aryl methyl sites for hydroxylation is 1. The van der Waals surface area contributed by atoms with Gasteiger partial charge in [-0.1, -0.05) is 6.92 Å². The predicted molar refractivity (Wildman–Crippen MR) is 95.2 cm³/mol. The van der Waals surface area contributed by atoms with Crippen LogP contribution in [0.4, 0.5) is 0 Å². The summed E-state index contributed by atoms with van der Waals surface area (Å²) in [6.45, 7) is 4.80. The number of fused-ring (bicyclic) bond motifs is 1. The van der Waals surface area contributed by atoms with Gasteiger partial charge in [0.05, 0.1) is 0 Å². The molecule has 6 heteroatoms. The fourth-order valence-corrected chi connectivity index (χ4v) is 4.50. The van der Waals surface area contributed by atoms with Gasteiger partial charge in [0.15, 0.2) is 5.69 Å². The van der Waals surface area contributed by atoms with Crippen LogP contribution in [0.5, 0.6) is 0 Å². The van der Waals surface area contributed by atoms with Gasteiger partial charge >= 0.3 is 0 Å². The third kappa shape index (κ3) is 3.43. The number of rotatable bonds is 4. The SMILES string of the molecule is CCCn1nc(C(=O)N2CCSCC2)c2c1CCC(N(C)C)C2. The van der Waals surface area contributed by atoms with Crippen molar-refractivity contribution in [3.63, 3.8) is 0 Å². The van der Waals surface area contributed by atoms with Gasteiger partial charge in [-0.25, -0.2) is 0 Å². The Morgan fingerprint density at radius 3 is 2.74 bits per heavy atom. The summed E-state index contributed by atoms with van der Waals surface area (Å²) < 4.78 is 2.10. The van der Waals surface area contributed by atoms with Crippen molar-refractivity contribution >= 4 is 17.7 Å². The Balaban J connectivity index is 1.91. The van der Waals surface area contributed by atoms with Crippen molar-refractivity contribution in [3.8, 4) is 0 Å². The minimum absolute atomic E-state index is 0.149. The average Bonchev–Trinajstić information content (AvgIpc) is 2.93. The molecule has 0 N–H and O–H groups in total. The molecule has 2 aliphatic rings. The van der Waals surface area contributed by atoms with Gasteiger partial charge in [-0.3, -0.25) is 9.48 Å². The Bertz CT molecular complexity index is 563. The molecule has 1 aromatic rings. The summed E-state index contributed by atoms with van der Waals surface area (Å²) in [4.78, 5) is 17.3. The Hall–Kier alpha value is -1.01. The molecule has 1 aromatic heterocycles. The number of carbonyl (C=O) groups is 1. The number of thioether (sulfide) groups is 1. The van der Waals surface area contributed by atoms with Gasteiger partial charge in [0, 0.05) is 48.4 Å². The number of hydrogen-bond acceptors (Lipinski definition) is 4. The van der Waals surface area contributed by atoms with Crippen LogP contribution in [-0.2, 0) is 19.4 Å². The number of nitrogens with zero attached hydrogens (tertiary/aromatic N) is 4. The lowest BCUT2D eigenvalue weighted by Crippen LogP contribution is -2.39. The second kappa shape index (κ2) is 7.26. The smallest absolute Gasteiger partial charge is 0.274 e. The molecule has 0 bridgehead atoms. The molecule has 128 valence electrons. The van der Waals surface area contributed by atoms with Crippen molar-refractivity contribution in [2.45, 2.75) is 45.2 Å². The molecule has 1 aliphatic carbocycles. The molecule has 5 nitrogen and oxygen atoms in total. The van der Waals surface area contributed by atoms with Crippen LogP contribution < -0.4 is 0 Å². The maximum atomic E-state index is 13.0. The molecule has 1 saturated heterocycles. The average molecular weight is 337 g/mol. The highest BCUT2D eigenvalue weighted by molar-refractivity contribution is 7.99. The first kappa shape index (κ1) is 16.8. The largest absolute Gasteiger partial charge is 0.336 e. The summed E-state index contributed by atoms with van der Waals surface area (Å²) in [7, 11) is 4.27. The van der Waals surface area contributed by atoms with Crippen molar-refractivity contribution in [3.05, 3.63) is 17.0 Å². The lowest BCUT2D eigenvalue weighted by atomic mass is 9.90. The lowest BCUT2D eigenvalue weighted by molar-refractivity contribution is 0.0764. The molecule has 3 rings (SSSR count). The Morgan fingerprint density at radius 2 is 2.09 bits per heavy atom. The number of hydrogen-bond donors (Lipinski definition) is 0. The van der Waals surface area contributed by atoms with Crippen LogP contribution in [-0.4, -0.2) is 70.2 Å². The van der Waals surface area contributed by atoms with Crippen LogP contribution in [0.25, 0.3) is 0 Å². The molecular formula is C17H28N4OS. The van der Waals surface area contributed by atoms with Gasteiger partial charge in [-0.2, -0.15) is 16.9 Å². The molecule has 1 fully saturated rings. The van der Waals surface area contributed by atoms with Gasteiger partial charge in [-0.05, 0) is 39.8 Å². The second-order valence-electron chi connectivity index (χ2n) is 6.76. The Morgan fingerprint density at radius 1 is 1.35 bits per heavy atom. The highest BCUT2D eigenvalue weighted by Gasteiger charge is 2.32. The third-order valence-corrected chi connectivity index (χ3v) is 5.93. The zero-order valence-corrected chi connectivity index (χ0v) is 15.4. The molecule has 1 aliphatic heterocycles. The van der Waals surface area contributed by atoms with Gasteiger partial charge in [0.2, 0.25) is 0 Å². The molecule has 1 atom stereocenters. The summed E-state index contributed by atoms with van der Waals surface area (Å²) in [6, 6.07) is 0.519. The molecule has 0 radical (unpaired) electrons. The Labute approximate surface area is 143 Å². The zero-order valence-electron chi connectivity index (χ0n) is 14.5. The van der Waals surface area contributed by atoms with E-state index in [4.69, 9.17) is 5.10 Å². The van der Waals surface area contributed by atoms with E-state index in [1.165, 1.54) is 11.3 Å². The first-order valence-electron chi connectivity index (χ1n) is 8.73. The zero-order chi connectivity index (χ0) is 16.4. The van der Waals surface area contributed by atoms with Gasteiger partial charge < -0.3 is 9.80 Å². The molecule has 0 spiro atoms. The second-order valence-corrected chi connectivity index (χ2v) is 7.99. The first-order chi connectivity index (χ1) is 11.1. The molecular weight excluding hydrogens is 308 g/mol. The molecule has 0 saturated carbocycles. The van der Waals surface area contributed by atoms with Crippen LogP contribution in [0.2, 0.25) is 0 Å². The van der Waals surface area contributed by atoms with Crippen LogP contribution in [0.3, 0.4) is 0 Å². The third-order valence-electron chi connectivity index (χ3n) is 4.99. The highest BCUT2D eigenvalue weighted by Crippen LogP contribution is 2.28. The topological polar surface area (TPSA) is 41.4 Å². The summed E-state index contributed by atoms with van der Waals surface area (Å²) in [5, 5.41) is 4.75. The lowest BCUT2D eigenvalue weighted by Gasteiger charge is -2.30. The molecule has 1 amide bonds. The summed E-state index contributed by atoms with van der Waals surface area (Å²) in [6.07, 6.45) is 4.20. The van der Waals surface area contributed by atoms with E-state index in [9.17, 15) is 4.79 Å². The predicted octanol–water partition coefficient (Wildman–Crippen LogP) is 1.90. The molecule has 23 heavy (non-hydrogen) atoms. The van der Waals surface area contributed by atoms with E-state index in [0.29, 0.717) is 6.04 Å². The van der Waals surface area contributed by atoms with E-state index in [1.54, 1.807) is 0 Å². The number of carbonyl (C=O) groups excluding carboxylic acids is 1. The fraction of sp³-hybridized carbons (Fsp3) is 0.765. The van der Waals surface area contributed by atoms with Crippen LogP contribution in [0.1, 0.15) is 41.5 Å². The van der Waals surface area contributed by atoms with E-state index in [1.807, 2.05) is 16.7 Å². The maximum absolute atomic E-state index is 13.0. The van der Waals surface area contributed by atoms with E-state index in [-0.39, 0.29) is 5.91 Å². The summed E-state index contributed by atoms with van der Waals surface area (Å²) >= 11 is 1.93. The number of aromatic nitrogens is 2. The number of amides is 1. The first-order valence-corrected chi connectivity index (χ1v) is 9.89. The number of likely N-dealkylation sites (N-methyl/N-ethyl adjacent to an activating group) is 1. The van der Waals surface area contributed by atoms with Crippen LogP contribution in [0, 0.1) is 0 Å². The van der Waals surface area contributed by atoms with E-state index in [2.05, 4.69) is 30.6 Å². The van der Waals surface area contributed by atoms with Crippen molar-refractivity contribution in [1.82, 2.24) is 19.6 Å². The van der Waals surface area contributed by atoms with E-state index < -0.39 is 0 Å². The monoisotopic (exact) mass is 336 g/mol.